The molecule has 3 aromatic rings. The van der Waals surface area contributed by atoms with Crippen molar-refractivity contribution in [3.05, 3.63) is 58.6 Å². The van der Waals surface area contributed by atoms with Crippen molar-refractivity contribution in [1.82, 2.24) is 20.2 Å². The average Bonchev–Trinajstić information content (AvgIpc) is 3.07. The van der Waals surface area contributed by atoms with Crippen molar-refractivity contribution >= 4 is 34.9 Å². The molecule has 138 valence electrons. The molecular formula is C19H17Cl2N5O. The van der Waals surface area contributed by atoms with Gasteiger partial charge in [-0.1, -0.05) is 29.3 Å². The molecule has 0 bridgehead atoms. The van der Waals surface area contributed by atoms with Crippen LogP contribution in [0.4, 0.5) is 5.82 Å². The van der Waals surface area contributed by atoms with Gasteiger partial charge in [0.2, 0.25) is 5.91 Å². The van der Waals surface area contributed by atoms with E-state index in [1.165, 1.54) is 0 Å². The van der Waals surface area contributed by atoms with Gasteiger partial charge in [0.15, 0.2) is 5.82 Å². The van der Waals surface area contributed by atoms with Crippen LogP contribution in [0, 0.1) is 5.92 Å². The maximum atomic E-state index is 13.1. The van der Waals surface area contributed by atoms with E-state index in [1.54, 1.807) is 29.6 Å². The first-order chi connectivity index (χ1) is 13.1. The predicted octanol–water partition coefficient (Wildman–Crippen LogP) is 4.16. The third-order valence-electron chi connectivity index (χ3n) is 4.73. The van der Waals surface area contributed by atoms with Crippen molar-refractivity contribution in [3.63, 3.8) is 0 Å². The highest BCUT2D eigenvalue weighted by atomic mass is 35.5. The molecule has 0 saturated carbocycles. The van der Waals surface area contributed by atoms with Crippen molar-refractivity contribution < 1.29 is 4.79 Å². The van der Waals surface area contributed by atoms with Crippen LogP contribution >= 0.6 is 23.2 Å². The molecule has 27 heavy (non-hydrogen) atoms. The summed E-state index contributed by atoms with van der Waals surface area (Å²) in [4.78, 5) is 22.8. The average molecular weight is 402 g/mol. The Morgan fingerprint density at radius 1 is 1.19 bits per heavy atom. The number of carbonyl (C=O) groups excluding carboxylic acids is 1. The Kier molecular flexibility index (Phi) is 5.09. The number of amides is 1. The number of anilines is 1. The largest absolute Gasteiger partial charge is 0.294 e. The molecule has 0 unspecified atom stereocenters. The first-order valence-electron chi connectivity index (χ1n) is 8.69. The van der Waals surface area contributed by atoms with Crippen LogP contribution in [0.15, 0.2) is 42.9 Å². The summed E-state index contributed by atoms with van der Waals surface area (Å²) in [6, 6.07) is 7.34. The molecule has 1 aliphatic rings. The van der Waals surface area contributed by atoms with Crippen molar-refractivity contribution in [2.45, 2.75) is 19.3 Å². The maximum Gasteiger partial charge on any atom is 0.231 e. The molecule has 0 spiro atoms. The van der Waals surface area contributed by atoms with E-state index < -0.39 is 0 Å². The molecule has 6 nitrogen and oxygen atoms in total. The van der Waals surface area contributed by atoms with Crippen molar-refractivity contribution in [2.75, 3.05) is 11.4 Å². The van der Waals surface area contributed by atoms with Crippen LogP contribution in [0.1, 0.15) is 18.4 Å². The lowest BCUT2D eigenvalue weighted by atomic mass is 9.91. The highest BCUT2D eigenvalue weighted by Gasteiger charge is 2.33. The number of aromatic nitrogens is 4. The number of pyridine rings is 2. The number of aromatic amines is 1. The van der Waals surface area contributed by atoms with Crippen LogP contribution in [-0.4, -0.2) is 32.6 Å². The molecule has 1 atom stereocenters. The zero-order valence-electron chi connectivity index (χ0n) is 14.4. The first-order valence-corrected chi connectivity index (χ1v) is 9.45. The van der Waals surface area contributed by atoms with Crippen molar-refractivity contribution in [1.29, 1.82) is 0 Å². The minimum Gasteiger partial charge on any atom is -0.294 e. The molecule has 1 aliphatic heterocycles. The Morgan fingerprint density at radius 2 is 2.00 bits per heavy atom. The van der Waals surface area contributed by atoms with Gasteiger partial charge in [0.25, 0.3) is 0 Å². The number of hydrogen-bond donors (Lipinski definition) is 1. The van der Waals surface area contributed by atoms with E-state index in [4.69, 9.17) is 23.2 Å². The number of nitrogens with zero attached hydrogens (tertiary/aromatic N) is 4. The van der Waals surface area contributed by atoms with Gasteiger partial charge in [0.05, 0.1) is 5.69 Å². The number of halogens is 2. The highest BCUT2D eigenvalue weighted by molar-refractivity contribution is 6.36. The number of H-pyrrole nitrogens is 1. The van der Waals surface area contributed by atoms with E-state index >= 15 is 0 Å². The summed E-state index contributed by atoms with van der Waals surface area (Å²) in [6.07, 6.45) is 7.45. The van der Waals surface area contributed by atoms with Gasteiger partial charge < -0.3 is 0 Å². The Bertz CT molecular complexity index is 942. The SMILES string of the molecule is O=C1[C@H](Cc2ccc(Cl)nc2)CCCN1c1n[nH]c(-c2ccncc2)c1Cl. The fraction of sp³-hybridized carbons (Fsp3) is 0.263. The number of nitrogens with one attached hydrogen (secondary N) is 1. The van der Waals surface area contributed by atoms with Crippen molar-refractivity contribution in [3.8, 4) is 11.3 Å². The lowest BCUT2D eigenvalue weighted by Gasteiger charge is -2.31. The van der Waals surface area contributed by atoms with Gasteiger partial charge in [-0.05, 0) is 43.0 Å². The highest BCUT2D eigenvalue weighted by Crippen LogP contribution is 2.36. The third kappa shape index (κ3) is 3.68. The monoisotopic (exact) mass is 401 g/mol. The smallest absolute Gasteiger partial charge is 0.231 e. The molecule has 4 heterocycles. The van der Waals surface area contributed by atoms with Crippen LogP contribution in [0.5, 0.6) is 0 Å². The molecule has 8 heteroatoms. The standard InChI is InChI=1S/C19H17Cl2N5O/c20-15-4-3-12(11-23-15)10-14-2-1-9-26(19(14)27)18-16(21)17(24-25-18)13-5-7-22-8-6-13/h3-8,11,14H,1-2,9-10H2,(H,24,25)/t14-/m0/s1. The van der Waals surface area contributed by atoms with Crippen molar-refractivity contribution in [2.24, 2.45) is 5.92 Å². The van der Waals surface area contributed by atoms with E-state index in [9.17, 15) is 4.79 Å². The molecule has 0 radical (unpaired) electrons. The van der Waals surface area contributed by atoms with Crippen LogP contribution in [0.25, 0.3) is 11.3 Å². The summed E-state index contributed by atoms with van der Waals surface area (Å²) in [5, 5.41) is 8.16. The molecule has 1 amide bonds. The fourth-order valence-electron chi connectivity index (χ4n) is 3.37. The Morgan fingerprint density at radius 3 is 2.74 bits per heavy atom. The minimum absolute atomic E-state index is 0.0332. The Labute approximate surface area is 166 Å². The fourth-order valence-corrected chi connectivity index (χ4v) is 3.78. The second-order valence-corrected chi connectivity index (χ2v) is 7.26. The number of piperidine rings is 1. The van der Waals surface area contributed by atoms with Gasteiger partial charge in [-0.15, -0.1) is 0 Å². The van der Waals surface area contributed by atoms with Gasteiger partial charge in [0.1, 0.15) is 10.2 Å². The summed E-state index contributed by atoms with van der Waals surface area (Å²) < 4.78 is 0. The number of carbonyl (C=O) groups is 1. The summed E-state index contributed by atoms with van der Waals surface area (Å²) in [6.45, 7) is 0.606. The quantitative estimate of drug-likeness (QED) is 0.665. The number of rotatable bonds is 4. The topological polar surface area (TPSA) is 74.8 Å². The third-order valence-corrected chi connectivity index (χ3v) is 5.32. The predicted molar refractivity (Wildman–Crippen MR) is 105 cm³/mol. The molecule has 3 aromatic heterocycles. The van der Waals surface area contributed by atoms with E-state index in [-0.39, 0.29) is 11.8 Å². The van der Waals surface area contributed by atoms with Crippen LogP contribution in [0.2, 0.25) is 10.2 Å². The Hall–Kier alpha value is -2.44. The summed E-state index contributed by atoms with van der Waals surface area (Å²) >= 11 is 12.4. The molecule has 1 saturated heterocycles. The van der Waals surface area contributed by atoms with Gasteiger partial charge >= 0.3 is 0 Å². The van der Waals surface area contributed by atoms with Crippen LogP contribution in [0.3, 0.4) is 0 Å². The van der Waals surface area contributed by atoms with Gasteiger partial charge in [-0.25, -0.2) is 4.98 Å². The lowest BCUT2D eigenvalue weighted by molar-refractivity contribution is -0.123. The molecule has 0 aromatic carbocycles. The first kappa shape index (κ1) is 17.9. The van der Waals surface area contributed by atoms with E-state index in [0.717, 1.165) is 24.0 Å². The Balaban J connectivity index is 1.56. The summed E-state index contributed by atoms with van der Waals surface area (Å²) in [7, 11) is 0. The van der Waals surface area contributed by atoms with E-state index in [0.29, 0.717) is 34.7 Å². The van der Waals surface area contributed by atoms with Crippen LogP contribution in [-0.2, 0) is 11.2 Å². The van der Waals surface area contributed by atoms with Gasteiger partial charge in [-0.3, -0.25) is 19.8 Å². The van der Waals surface area contributed by atoms with Gasteiger partial charge in [0, 0.05) is 36.6 Å². The molecule has 4 rings (SSSR count). The second kappa shape index (κ2) is 7.66. The van der Waals surface area contributed by atoms with Crippen LogP contribution < -0.4 is 4.90 Å². The molecular weight excluding hydrogens is 385 g/mol. The summed E-state index contributed by atoms with van der Waals surface area (Å²) in [5.74, 6) is 0.386. The van der Waals surface area contributed by atoms with E-state index in [2.05, 4.69) is 20.2 Å². The lowest BCUT2D eigenvalue weighted by Crippen LogP contribution is -2.42. The second-order valence-electron chi connectivity index (χ2n) is 6.49. The molecule has 1 N–H and O–H groups in total. The zero-order chi connectivity index (χ0) is 18.8. The molecule has 1 fully saturated rings. The normalized spacial score (nSPS) is 17.3. The summed E-state index contributed by atoms with van der Waals surface area (Å²) in [5.41, 5.74) is 2.55. The number of hydrogen-bond acceptors (Lipinski definition) is 4. The van der Waals surface area contributed by atoms with Gasteiger partial charge in [-0.2, -0.15) is 5.10 Å². The van der Waals surface area contributed by atoms with E-state index in [1.807, 2.05) is 18.2 Å². The molecule has 0 aliphatic carbocycles. The maximum absolute atomic E-state index is 13.1. The minimum atomic E-state index is -0.126. The zero-order valence-corrected chi connectivity index (χ0v) is 15.9.